The van der Waals surface area contributed by atoms with Crippen molar-refractivity contribution in [3.63, 3.8) is 0 Å². The Balaban J connectivity index is 0. The minimum absolute atomic E-state index is 0.684. The predicted octanol–water partition coefficient (Wildman–Crippen LogP) is -2.25. The SMILES string of the molecule is NCCS.O=C(O)[C@@H](O)[C@H](O)C(=O)O. The number of nitrogens with two attached hydrogens (primary N) is 1. The third-order valence-electron chi connectivity index (χ3n) is 0.934. The lowest BCUT2D eigenvalue weighted by Crippen LogP contribution is -2.39. The molecule has 0 fully saturated rings. The van der Waals surface area contributed by atoms with Gasteiger partial charge in [0, 0.05) is 12.3 Å². The number of hydrogen-bond donors (Lipinski definition) is 6. The van der Waals surface area contributed by atoms with Gasteiger partial charge in [0.1, 0.15) is 0 Å². The molecule has 0 aliphatic rings. The molecule has 0 unspecified atom stereocenters. The molecule has 8 heteroatoms. The highest BCUT2D eigenvalue weighted by Crippen LogP contribution is 1.92. The Morgan fingerprint density at radius 3 is 1.43 bits per heavy atom. The van der Waals surface area contributed by atoms with Crippen molar-refractivity contribution in [3.8, 4) is 0 Å². The lowest BCUT2D eigenvalue weighted by molar-refractivity contribution is -0.165. The fourth-order valence-electron chi connectivity index (χ4n) is 0.270. The van der Waals surface area contributed by atoms with Gasteiger partial charge in [-0.2, -0.15) is 12.6 Å². The first-order valence-corrected chi connectivity index (χ1v) is 4.14. The van der Waals surface area contributed by atoms with Gasteiger partial charge in [0.15, 0.2) is 12.2 Å². The van der Waals surface area contributed by atoms with E-state index in [0.717, 1.165) is 5.75 Å². The first-order chi connectivity index (χ1) is 6.38. The summed E-state index contributed by atoms with van der Waals surface area (Å²) in [5, 5.41) is 32.5. The van der Waals surface area contributed by atoms with Crippen LogP contribution in [0.3, 0.4) is 0 Å². The van der Waals surface area contributed by atoms with Crippen molar-refractivity contribution in [2.75, 3.05) is 12.3 Å². The van der Waals surface area contributed by atoms with Crippen molar-refractivity contribution >= 4 is 24.6 Å². The first kappa shape index (κ1) is 15.6. The molecule has 0 aromatic rings. The number of hydrogen-bond acceptors (Lipinski definition) is 6. The molecule has 0 aromatic carbocycles. The number of carbonyl (C=O) groups is 2. The smallest absolute Gasteiger partial charge is 0.335 e. The van der Waals surface area contributed by atoms with E-state index in [2.05, 4.69) is 12.6 Å². The minimum atomic E-state index is -2.27. The van der Waals surface area contributed by atoms with Crippen LogP contribution in [0.4, 0.5) is 0 Å². The number of aliphatic hydroxyl groups excluding tert-OH is 2. The molecule has 0 aliphatic carbocycles. The summed E-state index contributed by atoms with van der Waals surface area (Å²) in [6.07, 6.45) is -4.53. The van der Waals surface area contributed by atoms with Crippen LogP contribution in [0.5, 0.6) is 0 Å². The van der Waals surface area contributed by atoms with Gasteiger partial charge in [-0.15, -0.1) is 0 Å². The van der Waals surface area contributed by atoms with Crippen LogP contribution in [-0.2, 0) is 9.59 Å². The monoisotopic (exact) mass is 227 g/mol. The van der Waals surface area contributed by atoms with Crippen molar-refractivity contribution in [1.29, 1.82) is 0 Å². The van der Waals surface area contributed by atoms with Gasteiger partial charge in [-0.3, -0.25) is 0 Å². The highest BCUT2D eigenvalue weighted by Gasteiger charge is 2.29. The van der Waals surface area contributed by atoms with Gasteiger partial charge < -0.3 is 26.2 Å². The normalized spacial score (nSPS) is 13.4. The molecule has 6 N–H and O–H groups in total. The van der Waals surface area contributed by atoms with Crippen molar-refractivity contribution in [3.05, 3.63) is 0 Å². The molecule has 0 heterocycles. The van der Waals surface area contributed by atoms with Crippen molar-refractivity contribution in [1.82, 2.24) is 0 Å². The second-order valence-corrected chi connectivity index (χ2v) is 2.53. The molecule has 0 saturated heterocycles. The number of rotatable bonds is 4. The lowest BCUT2D eigenvalue weighted by Gasteiger charge is -2.07. The molecule has 0 saturated carbocycles. The molecule has 0 spiro atoms. The van der Waals surface area contributed by atoms with Crippen molar-refractivity contribution < 1.29 is 30.0 Å². The Kier molecular flexibility index (Phi) is 9.78. The molecule has 7 nitrogen and oxygen atoms in total. The summed E-state index contributed by atoms with van der Waals surface area (Å²) < 4.78 is 0. The van der Waals surface area contributed by atoms with E-state index in [1.165, 1.54) is 0 Å². The number of carboxylic acid groups (broad SMARTS) is 2. The van der Waals surface area contributed by atoms with Crippen LogP contribution in [0.25, 0.3) is 0 Å². The van der Waals surface area contributed by atoms with Gasteiger partial charge in [-0.1, -0.05) is 0 Å². The molecule has 0 radical (unpaired) electrons. The van der Waals surface area contributed by atoms with E-state index in [-0.39, 0.29) is 0 Å². The van der Waals surface area contributed by atoms with E-state index in [9.17, 15) is 9.59 Å². The van der Waals surface area contributed by atoms with E-state index in [4.69, 9.17) is 26.2 Å². The molecular weight excluding hydrogens is 214 g/mol. The third kappa shape index (κ3) is 7.80. The highest BCUT2D eigenvalue weighted by molar-refractivity contribution is 7.80. The zero-order valence-electron chi connectivity index (χ0n) is 7.20. The summed E-state index contributed by atoms with van der Waals surface area (Å²) in [6.45, 7) is 0.684. The molecule has 0 aliphatic heterocycles. The fourth-order valence-corrected chi connectivity index (χ4v) is 0.270. The summed E-state index contributed by atoms with van der Waals surface area (Å²) in [7, 11) is 0. The van der Waals surface area contributed by atoms with Crippen molar-refractivity contribution in [2.24, 2.45) is 5.73 Å². The van der Waals surface area contributed by atoms with E-state index < -0.39 is 24.1 Å². The van der Waals surface area contributed by atoms with Gasteiger partial charge in [-0.05, 0) is 0 Å². The average Bonchev–Trinajstić information content (AvgIpc) is 2.15. The second kappa shape index (κ2) is 8.75. The minimum Gasteiger partial charge on any atom is -0.479 e. The van der Waals surface area contributed by atoms with Gasteiger partial charge in [0.05, 0.1) is 0 Å². The molecule has 0 amide bonds. The molecular formula is C6H13NO6S. The van der Waals surface area contributed by atoms with Crippen LogP contribution < -0.4 is 5.73 Å². The zero-order chi connectivity index (χ0) is 11.7. The van der Waals surface area contributed by atoms with E-state index >= 15 is 0 Å². The van der Waals surface area contributed by atoms with E-state index in [1.54, 1.807) is 0 Å². The maximum Gasteiger partial charge on any atom is 0.335 e. The molecule has 0 aromatic heterocycles. The maximum atomic E-state index is 9.77. The van der Waals surface area contributed by atoms with Crippen LogP contribution in [-0.4, -0.2) is 56.9 Å². The second-order valence-electron chi connectivity index (χ2n) is 2.08. The maximum absolute atomic E-state index is 9.77. The number of carboxylic acids is 2. The highest BCUT2D eigenvalue weighted by atomic mass is 32.1. The van der Waals surface area contributed by atoms with Crippen LogP contribution >= 0.6 is 12.6 Å². The average molecular weight is 227 g/mol. The summed E-state index contributed by atoms with van der Waals surface area (Å²) in [5.41, 5.74) is 4.95. The zero-order valence-corrected chi connectivity index (χ0v) is 8.09. The van der Waals surface area contributed by atoms with Gasteiger partial charge in [0.2, 0.25) is 0 Å². The van der Waals surface area contributed by atoms with Gasteiger partial charge >= 0.3 is 11.9 Å². The Morgan fingerprint density at radius 2 is 1.36 bits per heavy atom. The Bertz CT molecular complexity index is 167. The molecule has 0 rings (SSSR count). The number of aliphatic carboxylic acids is 2. The van der Waals surface area contributed by atoms with E-state index in [1.807, 2.05) is 0 Å². The largest absolute Gasteiger partial charge is 0.479 e. The summed E-state index contributed by atoms with van der Waals surface area (Å²) in [5.74, 6) is -2.75. The topological polar surface area (TPSA) is 141 Å². The number of aliphatic hydroxyl groups is 2. The Hall–Kier alpha value is -0.830. The van der Waals surface area contributed by atoms with E-state index in [0.29, 0.717) is 6.54 Å². The Labute approximate surface area is 85.6 Å². The van der Waals surface area contributed by atoms with Gasteiger partial charge in [0.25, 0.3) is 0 Å². The molecule has 14 heavy (non-hydrogen) atoms. The van der Waals surface area contributed by atoms with Crippen LogP contribution in [0, 0.1) is 0 Å². The summed E-state index contributed by atoms with van der Waals surface area (Å²) in [4.78, 5) is 19.5. The molecule has 84 valence electrons. The lowest BCUT2D eigenvalue weighted by atomic mass is 10.2. The van der Waals surface area contributed by atoms with Gasteiger partial charge in [-0.25, -0.2) is 9.59 Å². The molecule has 2 atom stereocenters. The first-order valence-electron chi connectivity index (χ1n) is 3.51. The Morgan fingerprint density at radius 1 is 1.14 bits per heavy atom. The standard InChI is InChI=1S/C4H6O6.C2H7NS/c5-1(3(7)8)2(6)4(9)10;3-1-2-4/h1-2,5-6H,(H,7,8)(H,9,10);4H,1-3H2/t1-,2-;/m0./s1. The van der Waals surface area contributed by atoms with Crippen LogP contribution in [0.2, 0.25) is 0 Å². The third-order valence-corrected chi connectivity index (χ3v) is 1.19. The summed E-state index contributed by atoms with van der Waals surface area (Å²) >= 11 is 3.80. The predicted molar refractivity (Wildman–Crippen MR) is 50.2 cm³/mol. The van der Waals surface area contributed by atoms with Crippen LogP contribution in [0.1, 0.15) is 0 Å². The quantitative estimate of drug-likeness (QED) is 0.298. The summed E-state index contributed by atoms with van der Waals surface area (Å²) in [6, 6.07) is 0. The fraction of sp³-hybridized carbons (Fsp3) is 0.667. The molecule has 0 bridgehead atoms. The number of thiol groups is 1. The van der Waals surface area contributed by atoms with Crippen molar-refractivity contribution in [2.45, 2.75) is 12.2 Å². The van der Waals surface area contributed by atoms with Crippen LogP contribution in [0.15, 0.2) is 0 Å².